The second-order valence-electron chi connectivity index (χ2n) is 8.51. The number of carbonyl (C=O) groups is 2. The first-order valence-corrected chi connectivity index (χ1v) is 10.8. The maximum atomic E-state index is 12.8. The SMILES string of the molecule is CC(c1ccc2ccccc2c1)N(CC(=O)Nc1ccc(C(=O)N(C)C)cc1)C1CC1. The van der Waals surface area contributed by atoms with E-state index in [1.54, 1.807) is 38.4 Å². The Morgan fingerprint density at radius 2 is 1.65 bits per heavy atom. The van der Waals surface area contributed by atoms with Gasteiger partial charge in [0, 0.05) is 37.4 Å². The van der Waals surface area contributed by atoms with Gasteiger partial charge in [-0.05, 0) is 66.4 Å². The van der Waals surface area contributed by atoms with Crippen LogP contribution >= 0.6 is 0 Å². The van der Waals surface area contributed by atoms with Crippen LogP contribution in [0.3, 0.4) is 0 Å². The standard InChI is InChI=1S/C26H29N3O2/c1-18(21-9-8-19-6-4-5-7-22(19)16-21)29(24-14-15-24)17-25(30)27-23-12-10-20(11-13-23)26(31)28(2)3/h4-13,16,18,24H,14-15,17H2,1-3H3,(H,27,30). The van der Waals surface area contributed by atoms with Crippen molar-refractivity contribution in [1.82, 2.24) is 9.80 Å². The van der Waals surface area contributed by atoms with Crippen molar-refractivity contribution in [1.29, 1.82) is 0 Å². The molecule has 0 spiro atoms. The molecule has 1 unspecified atom stereocenters. The number of amides is 2. The quantitative estimate of drug-likeness (QED) is 0.608. The summed E-state index contributed by atoms with van der Waals surface area (Å²) in [5, 5.41) is 5.43. The number of anilines is 1. The number of nitrogens with one attached hydrogen (secondary N) is 1. The van der Waals surface area contributed by atoms with Crippen LogP contribution in [0.5, 0.6) is 0 Å². The lowest BCUT2D eigenvalue weighted by atomic mass is 10.0. The molecule has 1 N–H and O–H groups in total. The number of fused-ring (bicyclic) bond motifs is 1. The van der Waals surface area contributed by atoms with Gasteiger partial charge in [0.25, 0.3) is 5.91 Å². The summed E-state index contributed by atoms with van der Waals surface area (Å²) in [6.45, 7) is 2.52. The van der Waals surface area contributed by atoms with Crippen LogP contribution < -0.4 is 5.32 Å². The largest absolute Gasteiger partial charge is 0.345 e. The van der Waals surface area contributed by atoms with E-state index >= 15 is 0 Å². The first kappa shape index (κ1) is 21.1. The molecule has 0 aromatic heterocycles. The van der Waals surface area contributed by atoms with Crippen LogP contribution in [0.2, 0.25) is 0 Å². The Morgan fingerprint density at radius 3 is 2.29 bits per heavy atom. The summed E-state index contributed by atoms with van der Waals surface area (Å²) >= 11 is 0. The molecule has 0 bridgehead atoms. The summed E-state index contributed by atoms with van der Waals surface area (Å²) in [6.07, 6.45) is 2.26. The summed E-state index contributed by atoms with van der Waals surface area (Å²) in [7, 11) is 3.45. The lowest BCUT2D eigenvalue weighted by molar-refractivity contribution is -0.118. The second-order valence-corrected chi connectivity index (χ2v) is 8.51. The van der Waals surface area contributed by atoms with Gasteiger partial charge in [0.2, 0.25) is 5.91 Å². The van der Waals surface area contributed by atoms with Crippen LogP contribution in [-0.4, -0.2) is 48.3 Å². The molecule has 0 heterocycles. The first-order valence-electron chi connectivity index (χ1n) is 10.8. The van der Waals surface area contributed by atoms with E-state index in [-0.39, 0.29) is 17.9 Å². The Balaban J connectivity index is 1.44. The predicted molar refractivity (Wildman–Crippen MR) is 125 cm³/mol. The van der Waals surface area contributed by atoms with Gasteiger partial charge in [-0.1, -0.05) is 36.4 Å². The molecule has 160 valence electrons. The number of rotatable bonds is 7. The minimum Gasteiger partial charge on any atom is -0.345 e. The minimum absolute atomic E-state index is 0.0359. The van der Waals surface area contributed by atoms with Gasteiger partial charge in [-0.15, -0.1) is 0 Å². The van der Waals surface area contributed by atoms with Gasteiger partial charge in [0.15, 0.2) is 0 Å². The van der Waals surface area contributed by atoms with Gasteiger partial charge in [-0.25, -0.2) is 0 Å². The van der Waals surface area contributed by atoms with Crippen LogP contribution in [-0.2, 0) is 4.79 Å². The van der Waals surface area contributed by atoms with Crippen molar-refractivity contribution < 1.29 is 9.59 Å². The van der Waals surface area contributed by atoms with Crippen LogP contribution in [0.25, 0.3) is 10.8 Å². The molecule has 2 amide bonds. The number of hydrogen-bond donors (Lipinski definition) is 1. The van der Waals surface area contributed by atoms with Crippen molar-refractivity contribution in [2.75, 3.05) is 26.0 Å². The van der Waals surface area contributed by atoms with Crippen LogP contribution in [0, 0.1) is 0 Å². The summed E-state index contributed by atoms with van der Waals surface area (Å²) in [4.78, 5) is 28.7. The molecule has 1 aliphatic rings. The fourth-order valence-electron chi connectivity index (χ4n) is 3.97. The lowest BCUT2D eigenvalue weighted by Crippen LogP contribution is -2.36. The van der Waals surface area contributed by atoms with E-state index in [1.807, 2.05) is 0 Å². The van der Waals surface area contributed by atoms with Gasteiger partial charge < -0.3 is 10.2 Å². The maximum Gasteiger partial charge on any atom is 0.253 e. The van der Waals surface area contributed by atoms with Crippen LogP contribution in [0.1, 0.15) is 41.7 Å². The molecule has 1 aliphatic carbocycles. The Bertz CT molecular complexity index is 1090. The van der Waals surface area contributed by atoms with Crippen molar-refractivity contribution in [2.24, 2.45) is 0 Å². The van der Waals surface area contributed by atoms with E-state index < -0.39 is 0 Å². The highest BCUT2D eigenvalue weighted by atomic mass is 16.2. The molecule has 3 aromatic rings. The second kappa shape index (κ2) is 8.90. The van der Waals surface area contributed by atoms with Crippen LogP contribution in [0.4, 0.5) is 5.69 Å². The maximum absolute atomic E-state index is 12.8. The van der Waals surface area contributed by atoms with Crippen molar-refractivity contribution >= 4 is 28.3 Å². The Hall–Kier alpha value is -3.18. The Labute approximate surface area is 183 Å². The molecule has 4 rings (SSSR count). The summed E-state index contributed by atoms with van der Waals surface area (Å²) in [6, 6.07) is 22.6. The van der Waals surface area contributed by atoms with E-state index in [0.29, 0.717) is 23.8 Å². The summed E-state index contributed by atoms with van der Waals surface area (Å²) in [5.74, 6) is -0.0896. The fourth-order valence-corrected chi connectivity index (χ4v) is 3.97. The average Bonchev–Trinajstić information content (AvgIpc) is 3.62. The number of nitrogens with zero attached hydrogens (tertiary/aromatic N) is 2. The minimum atomic E-state index is -0.0537. The van der Waals surface area contributed by atoms with Gasteiger partial charge in [0.1, 0.15) is 0 Å². The van der Waals surface area contributed by atoms with Crippen LogP contribution in [0.15, 0.2) is 66.7 Å². The molecule has 0 saturated heterocycles. The highest BCUT2D eigenvalue weighted by molar-refractivity contribution is 5.96. The predicted octanol–water partition coefficient (Wildman–Crippen LogP) is 4.71. The average molecular weight is 416 g/mol. The topological polar surface area (TPSA) is 52.7 Å². The van der Waals surface area contributed by atoms with E-state index in [2.05, 4.69) is 59.6 Å². The molecule has 1 fully saturated rings. The number of benzene rings is 3. The van der Waals surface area contributed by atoms with Gasteiger partial charge in [0.05, 0.1) is 6.54 Å². The number of carbonyl (C=O) groups excluding carboxylic acids is 2. The third kappa shape index (κ3) is 4.94. The highest BCUT2D eigenvalue weighted by Gasteiger charge is 2.34. The van der Waals surface area contributed by atoms with Crippen molar-refractivity contribution in [3.8, 4) is 0 Å². The fraction of sp³-hybridized carbons (Fsp3) is 0.308. The Kier molecular flexibility index (Phi) is 6.05. The smallest absolute Gasteiger partial charge is 0.253 e. The molecule has 1 atom stereocenters. The molecular weight excluding hydrogens is 386 g/mol. The normalized spacial score (nSPS) is 14.5. The molecular formula is C26H29N3O2. The van der Waals surface area contributed by atoms with Gasteiger partial charge >= 0.3 is 0 Å². The number of hydrogen-bond acceptors (Lipinski definition) is 3. The third-order valence-electron chi connectivity index (χ3n) is 5.92. The van der Waals surface area contributed by atoms with E-state index in [4.69, 9.17) is 0 Å². The molecule has 31 heavy (non-hydrogen) atoms. The van der Waals surface area contributed by atoms with Crippen molar-refractivity contribution in [2.45, 2.75) is 31.8 Å². The molecule has 3 aromatic carbocycles. The van der Waals surface area contributed by atoms with Crippen molar-refractivity contribution in [3.63, 3.8) is 0 Å². The zero-order valence-corrected chi connectivity index (χ0v) is 18.3. The van der Waals surface area contributed by atoms with Crippen molar-refractivity contribution in [3.05, 3.63) is 77.9 Å². The van der Waals surface area contributed by atoms with Gasteiger partial charge in [-0.3, -0.25) is 14.5 Å². The monoisotopic (exact) mass is 415 g/mol. The zero-order chi connectivity index (χ0) is 22.0. The first-order chi connectivity index (χ1) is 14.9. The van der Waals surface area contributed by atoms with E-state index in [9.17, 15) is 9.59 Å². The molecule has 0 aliphatic heterocycles. The molecule has 1 saturated carbocycles. The zero-order valence-electron chi connectivity index (χ0n) is 18.3. The molecule has 5 heteroatoms. The highest BCUT2D eigenvalue weighted by Crippen LogP contribution is 2.35. The summed E-state index contributed by atoms with van der Waals surface area (Å²) in [5.41, 5.74) is 2.53. The van der Waals surface area contributed by atoms with E-state index in [1.165, 1.54) is 21.2 Å². The molecule has 0 radical (unpaired) electrons. The Morgan fingerprint density at radius 1 is 0.968 bits per heavy atom. The van der Waals surface area contributed by atoms with Gasteiger partial charge in [-0.2, -0.15) is 0 Å². The third-order valence-corrected chi connectivity index (χ3v) is 5.92. The van der Waals surface area contributed by atoms with E-state index in [0.717, 1.165) is 12.8 Å². The summed E-state index contributed by atoms with van der Waals surface area (Å²) < 4.78 is 0. The lowest BCUT2D eigenvalue weighted by Gasteiger charge is -2.29. The molecule has 5 nitrogen and oxygen atoms in total.